The Morgan fingerprint density at radius 3 is 3.10 bits per heavy atom. The lowest BCUT2D eigenvalue weighted by Crippen LogP contribution is -2.13. The molecular formula is C14H15N5O2. The van der Waals surface area contributed by atoms with Gasteiger partial charge < -0.3 is 20.0 Å². The highest BCUT2D eigenvalue weighted by Gasteiger charge is 2.17. The number of nitrogens with zero attached hydrogens (tertiary/aromatic N) is 3. The van der Waals surface area contributed by atoms with E-state index in [9.17, 15) is 0 Å². The molecule has 0 bridgehead atoms. The Labute approximate surface area is 121 Å². The van der Waals surface area contributed by atoms with E-state index in [2.05, 4.69) is 20.1 Å². The smallest absolute Gasteiger partial charge is 0.244 e. The van der Waals surface area contributed by atoms with Crippen molar-refractivity contribution >= 4 is 0 Å². The molecule has 3 rings (SSSR count). The molecule has 1 atom stereocenters. The quantitative estimate of drug-likeness (QED) is 0.739. The number of H-pyrrole nitrogens is 1. The summed E-state index contributed by atoms with van der Waals surface area (Å²) < 4.78 is 10.4. The van der Waals surface area contributed by atoms with E-state index in [0.29, 0.717) is 18.1 Å². The molecule has 0 spiro atoms. The second-order valence-electron chi connectivity index (χ2n) is 4.58. The Kier molecular flexibility index (Phi) is 3.65. The number of aromatic nitrogens is 4. The largest absolute Gasteiger partial charge is 0.497 e. The first-order valence-electron chi connectivity index (χ1n) is 6.47. The van der Waals surface area contributed by atoms with Crippen molar-refractivity contribution in [2.24, 2.45) is 5.73 Å². The SMILES string of the molecule is COc1cccc(-c2noc([C@H](N)Cc3cnc[nH]3)n2)c1. The molecule has 2 heterocycles. The van der Waals surface area contributed by atoms with Gasteiger partial charge in [0, 0.05) is 23.9 Å². The maximum Gasteiger partial charge on any atom is 0.244 e. The maximum absolute atomic E-state index is 6.06. The number of hydrogen-bond acceptors (Lipinski definition) is 6. The topological polar surface area (TPSA) is 103 Å². The van der Waals surface area contributed by atoms with Crippen LogP contribution < -0.4 is 10.5 Å². The number of ether oxygens (including phenoxy) is 1. The van der Waals surface area contributed by atoms with E-state index >= 15 is 0 Å². The summed E-state index contributed by atoms with van der Waals surface area (Å²) in [6, 6.07) is 7.08. The summed E-state index contributed by atoms with van der Waals surface area (Å²) in [4.78, 5) is 11.3. The lowest BCUT2D eigenvalue weighted by Gasteiger charge is -2.03. The van der Waals surface area contributed by atoms with E-state index in [4.69, 9.17) is 15.0 Å². The van der Waals surface area contributed by atoms with E-state index in [0.717, 1.165) is 17.0 Å². The van der Waals surface area contributed by atoms with E-state index < -0.39 is 0 Å². The first kappa shape index (κ1) is 13.3. The fourth-order valence-corrected chi connectivity index (χ4v) is 1.99. The molecule has 0 saturated heterocycles. The van der Waals surface area contributed by atoms with Gasteiger partial charge in [-0.25, -0.2) is 4.98 Å². The number of rotatable bonds is 5. The van der Waals surface area contributed by atoms with Crippen molar-refractivity contribution in [3.05, 3.63) is 48.4 Å². The summed E-state index contributed by atoms with van der Waals surface area (Å²) in [5.41, 5.74) is 7.80. The third-order valence-corrected chi connectivity index (χ3v) is 3.08. The van der Waals surface area contributed by atoms with Gasteiger partial charge in [-0.15, -0.1) is 0 Å². The van der Waals surface area contributed by atoms with Crippen molar-refractivity contribution in [3.63, 3.8) is 0 Å². The summed E-state index contributed by atoms with van der Waals surface area (Å²) in [5, 5.41) is 3.96. The molecule has 21 heavy (non-hydrogen) atoms. The van der Waals surface area contributed by atoms with Crippen LogP contribution in [0.15, 0.2) is 41.3 Å². The molecule has 0 fully saturated rings. The molecule has 0 aliphatic heterocycles. The van der Waals surface area contributed by atoms with Crippen LogP contribution in [0.5, 0.6) is 5.75 Å². The van der Waals surface area contributed by atoms with Gasteiger partial charge in [-0.2, -0.15) is 4.98 Å². The molecule has 0 saturated carbocycles. The summed E-state index contributed by atoms with van der Waals surface area (Å²) >= 11 is 0. The summed E-state index contributed by atoms with van der Waals surface area (Å²) in [5.74, 6) is 1.62. The number of nitrogens with one attached hydrogen (secondary N) is 1. The minimum atomic E-state index is -0.377. The minimum Gasteiger partial charge on any atom is -0.497 e. The van der Waals surface area contributed by atoms with Crippen LogP contribution in [-0.2, 0) is 6.42 Å². The van der Waals surface area contributed by atoms with Crippen molar-refractivity contribution in [3.8, 4) is 17.1 Å². The molecule has 0 radical (unpaired) electrons. The summed E-state index contributed by atoms with van der Waals surface area (Å²) in [6.07, 6.45) is 3.89. The Morgan fingerprint density at radius 1 is 1.43 bits per heavy atom. The summed E-state index contributed by atoms with van der Waals surface area (Å²) in [7, 11) is 1.61. The highest BCUT2D eigenvalue weighted by molar-refractivity contribution is 5.56. The van der Waals surface area contributed by atoms with Crippen LogP contribution in [-0.4, -0.2) is 27.2 Å². The van der Waals surface area contributed by atoms with Gasteiger partial charge in [0.15, 0.2) is 0 Å². The second-order valence-corrected chi connectivity index (χ2v) is 4.58. The number of aromatic amines is 1. The van der Waals surface area contributed by atoms with Gasteiger partial charge >= 0.3 is 0 Å². The van der Waals surface area contributed by atoms with Crippen LogP contribution in [0.4, 0.5) is 0 Å². The molecule has 3 aromatic rings. The predicted octanol–water partition coefficient (Wildman–Crippen LogP) is 1.71. The zero-order valence-corrected chi connectivity index (χ0v) is 11.5. The fourth-order valence-electron chi connectivity index (χ4n) is 1.99. The summed E-state index contributed by atoms with van der Waals surface area (Å²) in [6.45, 7) is 0. The molecule has 0 unspecified atom stereocenters. The standard InChI is InChI=1S/C14H15N5O2/c1-20-11-4-2-3-9(5-11)13-18-14(21-19-13)12(15)6-10-7-16-8-17-10/h2-5,7-8,12H,6,15H2,1H3,(H,16,17)/t12-/m1/s1. The van der Waals surface area contributed by atoms with Gasteiger partial charge in [-0.1, -0.05) is 17.3 Å². The normalized spacial score (nSPS) is 12.3. The molecule has 0 amide bonds. The molecule has 7 heteroatoms. The van der Waals surface area contributed by atoms with E-state index in [1.165, 1.54) is 0 Å². The number of hydrogen-bond donors (Lipinski definition) is 2. The Balaban J connectivity index is 1.79. The molecular weight excluding hydrogens is 270 g/mol. The molecule has 0 aliphatic rings. The highest BCUT2D eigenvalue weighted by atomic mass is 16.5. The molecule has 108 valence electrons. The molecule has 1 aromatic carbocycles. The van der Waals surface area contributed by atoms with Gasteiger partial charge in [0.25, 0.3) is 0 Å². The lowest BCUT2D eigenvalue weighted by molar-refractivity contribution is 0.354. The first-order chi connectivity index (χ1) is 10.3. The zero-order chi connectivity index (χ0) is 14.7. The molecule has 3 N–H and O–H groups in total. The second kappa shape index (κ2) is 5.76. The van der Waals surface area contributed by atoms with E-state index in [1.54, 1.807) is 19.6 Å². The van der Waals surface area contributed by atoms with Crippen LogP contribution in [0, 0.1) is 0 Å². The monoisotopic (exact) mass is 285 g/mol. The Morgan fingerprint density at radius 2 is 2.33 bits per heavy atom. The number of nitrogens with two attached hydrogens (primary N) is 1. The van der Waals surface area contributed by atoms with Crippen LogP contribution in [0.3, 0.4) is 0 Å². The predicted molar refractivity (Wildman–Crippen MR) is 75.5 cm³/mol. The van der Waals surface area contributed by atoms with Crippen LogP contribution in [0.2, 0.25) is 0 Å². The van der Waals surface area contributed by atoms with Gasteiger partial charge in [0.05, 0.1) is 19.5 Å². The van der Waals surface area contributed by atoms with Gasteiger partial charge in [0.2, 0.25) is 11.7 Å². The van der Waals surface area contributed by atoms with Crippen molar-refractivity contribution in [1.29, 1.82) is 0 Å². The third-order valence-electron chi connectivity index (χ3n) is 3.08. The molecule has 2 aromatic heterocycles. The third kappa shape index (κ3) is 2.92. The first-order valence-corrected chi connectivity index (χ1v) is 6.47. The number of methoxy groups -OCH3 is 1. The average molecular weight is 285 g/mol. The zero-order valence-electron chi connectivity index (χ0n) is 11.5. The van der Waals surface area contributed by atoms with Gasteiger partial charge in [-0.3, -0.25) is 0 Å². The van der Waals surface area contributed by atoms with E-state index in [-0.39, 0.29) is 6.04 Å². The van der Waals surface area contributed by atoms with Gasteiger partial charge in [-0.05, 0) is 12.1 Å². The lowest BCUT2D eigenvalue weighted by atomic mass is 10.2. The van der Waals surface area contributed by atoms with Crippen molar-refractivity contribution in [2.75, 3.05) is 7.11 Å². The number of imidazole rings is 1. The van der Waals surface area contributed by atoms with Crippen LogP contribution >= 0.6 is 0 Å². The maximum atomic E-state index is 6.06. The Bertz CT molecular complexity index is 708. The highest BCUT2D eigenvalue weighted by Crippen LogP contribution is 2.23. The molecule has 0 aliphatic carbocycles. The average Bonchev–Trinajstić information content (AvgIpc) is 3.18. The van der Waals surface area contributed by atoms with Crippen LogP contribution in [0.25, 0.3) is 11.4 Å². The Hall–Kier alpha value is -2.67. The van der Waals surface area contributed by atoms with E-state index in [1.807, 2.05) is 24.3 Å². The minimum absolute atomic E-state index is 0.377. The molecule has 7 nitrogen and oxygen atoms in total. The fraction of sp³-hybridized carbons (Fsp3) is 0.214. The van der Waals surface area contributed by atoms with Crippen LogP contribution in [0.1, 0.15) is 17.6 Å². The van der Waals surface area contributed by atoms with Crippen molar-refractivity contribution in [2.45, 2.75) is 12.5 Å². The van der Waals surface area contributed by atoms with Crippen molar-refractivity contribution < 1.29 is 9.26 Å². The number of benzene rings is 1. The van der Waals surface area contributed by atoms with Crippen molar-refractivity contribution in [1.82, 2.24) is 20.1 Å². The van der Waals surface area contributed by atoms with Gasteiger partial charge in [0.1, 0.15) is 5.75 Å².